The van der Waals surface area contributed by atoms with E-state index in [1.807, 2.05) is 24.7 Å². The Kier molecular flexibility index (Phi) is 3.69. The molecule has 0 bridgehead atoms. The average molecular weight is 278 g/mol. The normalized spacial score (nSPS) is 10.7. The van der Waals surface area contributed by atoms with Crippen LogP contribution in [0.15, 0.2) is 55.1 Å². The molecular weight excluding hydrogens is 260 g/mol. The molecule has 3 rings (SSSR count). The zero-order valence-corrected chi connectivity index (χ0v) is 12.0. The fraction of sp³-hybridized carbons (Fsp3) is 0.176. The fourth-order valence-corrected chi connectivity index (χ4v) is 2.46. The van der Waals surface area contributed by atoms with E-state index in [1.165, 1.54) is 11.1 Å². The average Bonchev–Trinajstić information content (AvgIpc) is 2.94. The molecule has 0 amide bonds. The van der Waals surface area contributed by atoms with E-state index in [-0.39, 0.29) is 0 Å². The van der Waals surface area contributed by atoms with Crippen LogP contribution in [0.5, 0.6) is 0 Å². The van der Waals surface area contributed by atoms with Gasteiger partial charge in [-0.3, -0.25) is 0 Å². The standard InChI is InChI=1S/C17H18N4/c1-13-3-2-4-14(9-13)6-8-21-12-19-11-16(21)15-5-7-20-17(18)10-15/h2-5,7,9-12H,6,8H2,1H3,(H2,18,20). The zero-order valence-electron chi connectivity index (χ0n) is 12.0. The van der Waals surface area contributed by atoms with Gasteiger partial charge in [-0.1, -0.05) is 29.8 Å². The molecule has 0 aliphatic carbocycles. The highest BCUT2D eigenvalue weighted by Gasteiger charge is 2.06. The van der Waals surface area contributed by atoms with E-state index < -0.39 is 0 Å². The van der Waals surface area contributed by atoms with Gasteiger partial charge in [0.1, 0.15) is 5.82 Å². The summed E-state index contributed by atoms with van der Waals surface area (Å²) in [5.74, 6) is 0.527. The number of rotatable bonds is 4. The highest BCUT2D eigenvalue weighted by molar-refractivity contribution is 5.61. The minimum absolute atomic E-state index is 0.527. The zero-order chi connectivity index (χ0) is 14.7. The number of nitrogens with two attached hydrogens (primary N) is 1. The van der Waals surface area contributed by atoms with Crippen LogP contribution >= 0.6 is 0 Å². The van der Waals surface area contributed by atoms with Crippen LogP contribution < -0.4 is 5.73 Å². The lowest BCUT2D eigenvalue weighted by Crippen LogP contribution is -2.02. The topological polar surface area (TPSA) is 56.7 Å². The Morgan fingerprint density at radius 2 is 2.10 bits per heavy atom. The van der Waals surface area contributed by atoms with Crippen LogP contribution in [0.3, 0.4) is 0 Å². The second-order valence-electron chi connectivity index (χ2n) is 5.18. The van der Waals surface area contributed by atoms with Gasteiger partial charge in [-0.05, 0) is 31.0 Å². The van der Waals surface area contributed by atoms with Gasteiger partial charge in [-0.2, -0.15) is 0 Å². The van der Waals surface area contributed by atoms with Crippen molar-refractivity contribution in [2.45, 2.75) is 19.9 Å². The summed E-state index contributed by atoms with van der Waals surface area (Å²) in [6.07, 6.45) is 6.43. The number of aromatic nitrogens is 3. The van der Waals surface area contributed by atoms with Crippen molar-refractivity contribution >= 4 is 5.82 Å². The molecule has 0 radical (unpaired) electrons. The van der Waals surface area contributed by atoms with Crippen molar-refractivity contribution in [3.63, 3.8) is 0 Å². The van der Waals surface area contributed by atoms with Crippen LogP contribution in [-0.2, 0) is 13.0 Å². The number of pyridine rings is 1. The molecule has 2 N–H and O–H groups in total. The molecule has 0 spiro atoms. The number of nitrogens with zero attached hydrogens (tertiary/aromatic N) is 3. The van der Waals surface area contributed by atoms with Crippen molar-refractivity contribution < 1.29 is 0 Å². The van der Waals surface area contributed by atoms with E-state index in [1.54, 1.807) is 6.20 Å². The van der Waals surface area contributed by atoms with Gasteiger partial charge in [-0.15, -0.1) is 0 Å². The number of hydrogen-bond donors (Lipinski definition) is 1. The predicted molar refractivity (Wildman–Crippen MR) is 84.8 cm³/mol. The van der Waals surface area contributed by atoms with Crippen molar-refractivity contribution in [3.05, 3.63) is 66.2 Å². The molecule has 4 heteroatoms. The molecule has 2 heterocycles. The molecule has 0 aliphatic rings. The number of aryl methyl sites for hydroxylation is 3. The van der Waals surface area contributed by atoms with E-state index in [4.69, 9.17) is 5.73 Å². The molecule has 0 aliphatic heterocycles. The van der Waals surface area contributed by atoms with E-state index in [0.717, 1.165) is 24.2 Å². The SMILES string of the molecule is Cc1cccc(CCn2cncc2-c2ccnc(N)c2)c1. The Bertz CT molecular complexity index is 746. The molecule has 0 fully saturated rings. The highest BCUT2D eigenvalue weighted by atomic mass is 15.0. The quantitative estimate of drug-likeness (QED) is 0.798. The van der Waals surface area contributed by atoms with Gasteiger partial charge in [0.25, 0.3) is 0 Å². The Labute approximate surface area is 124 Å². The first-order valence-electron chi connectivity index (χ1n) is 7.00. The third kappa shape index (κ3) is 3.11. The summed E-state index contributed by atoms with van der Waals surface area (Å²) in [4.78, 5) is 8.29. The minimum atomic E-state index is 0.527. The van der Waals surface area contributed by atoms with Crippen LogP contribution in [0.4, 0.5) is 5.82 Å². The maximum absolute atomic E-state index is 5.76. The van der Waals surface area contributed by atoms with Gasteiger partial charge < -0.3 is 10.3 Å². The van der Waals surface area contributed by atoms with Gasteiger partial charge in [0, 0.05) is 18.3 Å². The van der Waals surface area contributed by atoms with Gasteiger partial charge in [0.05, 0.1) is 18.2 Å². The third-order valence-corrected chi connectivity index (χ3v) is 3.51. The second kappa shape index (κ2) is 5.79. The van der Waals surface area contributed by atoms with E-state index in [2.05, 4.69) is 45.7 Å². The smallest absolute Gasteiger partial charge is 0.123 e. The number of hydrogen-bond acceptors (Lipinski definition) is 3. The lowest BCUT2D eigenvalue weighted by atomic mass is 10.1. The Morgan fingerprint density at radius 1 is 1.19 bits per heavy atom. The van der Waals surface area contributed by atoms with Gasteiger partial charge >= 0.3 is 0 Å². The van der Waals surface area contributed by atoms with E-state index >= 15 is 0 Å². The van der Waals surface area contributed by atoms with Gasteiger partial charge in [0.15, 0.2) is 0 Å². The summed E-state index contributed by atoms with van der Waals surface area (Å²) < 4.78 is 2.15. The lowest BCUT2D eigenvalue weighted by Gasteiger charge is -2.09. The first-order chi connectivity index (χ1) is 10.2. The molecule has 21 heavy (non-hydrogen) atoms. The van der Waals surface area contributed by atoms with Crippen LogP contribution in [-0.4, -0.2) is 14.5 Å². The van der Waals surface area contributed by atoms with Crippen molar-refractivity contribution in [1.82, 2.24) is 14.5 Å². The molecule has 4 nitrogen and oxygen atoms in total. The molecular formula is C17H18N4. The van der Waals surface area contributed by atoms with Crippen LogP contribution in [0.1, 0.15) is 11.1 Å². The minimum Gasteiger partial charge on any atom is -0.384 e. The predicted octanol–water partition coefficient (Wildman–Crippen LogP) is 3.08. The van der Waals surface area contributed by atoms with Crippen LogP contribution in [0, 0.1) is 6.92 Å². The molecule has 0 saturated heterocycles. The lowest BCUT2D eigenvalue weighted by molar-refractivity contribution is 0.701. The summed E-state index contributed by atoms with van der Waals surface area (Å²) in [7, 11) is 0. The van der Waals surface area contributed by atoms with Crippen molar-refractivity contribution in [2.24, 2.45) is 0 Å². The summed E-state index contributed by atoms with van der Waals surface area (Å²) >= 11 is 0. The number of anilines is 1. The van der Waals surface area contributed by atoms with Crippen LogP contribution in [0.2, 0.25) is 0 Å². The highest BCUT2D eigenvalue weighted by Crippen LogP contribution is 2.20. The molecule has 0 saturated carbocycles. The van der Waals surface area contributed by atoms with Gasteiger partial charge in [-0.25, -0.2) is 9.97 Å². The Hall–Kier alpha value is -2.62. The molecule has 3 aromatic rings. The number of nitrogen functional groups attached to an aromatic ring is 1. The van der Waals surface area contributed by atoms with E-state index in [9.17, 15) is 0 Å². The molecule has 0 unspecified atom stereocenters. The van der Waals surface area contributed by atoms with Crippen LogP contribution in [0.25, 0.3) is 11.3 Å². The van der Waals surface area contributed by atoms with E-state index in [0.29, 0.717) is 5.82 Å². The largest absolute Gasteiger partial charge is 0.384 e. The molecule has 1 aromatic carbocycles. The molecule has 0 atom stereocenters. The van der Waals surface area contributed by atoms with Gasteiger partial charge in [0.2, 0.25) is 0 Å². The van der Waals surface area contributed by atoms with Crippen molar-refractivity contribution in [3.8, 4) is 11.3 Å². The van der Waals surface area contributed by atoms with Crippen molar-refractivity contribution in [1.29, 1.82) is 0 Å². The first kappa shape index (κ1) is 13.4. The fourth-order valence-electron chi connectivity index (χ4n) is 2.46. The summed E-state index contributed by atoms with van der Waals surface area (Å²) in [6.45, 7) is 3.01. The number of benzene rings is 1. The molecule has 106 valence electrons. The second-order valence-corrected chi connectivity index (χ2v) is 5.18. The summed E-state index contributed by atoms with van der Waals surface area (Å²) in [6, 6.07) is 12.4. The monoisotopic (exact) mass is 278 g/mol. The Morgan fingerprint density at radius 3 is 2.90 bits per heavy atom. The third-order valence-electron chi connectivity index (χ3n) is 3.51. The van der Waals surface area contributed by atoms with Crippen molar-refractivity contribution in [2.75, 3.05) is 5.73 Å². The Balaban J connectivity index is 1.80. The maximum atomic E-state index is 5.76. The molecule has 2 aromatic heterocycles. The maximum Gasteiger partial charge on any atom is 0.123 e. The number of imidazole rings is 1. The summed E-state index contributed by atoms with van der Waals surface area (Å²) in [5, 5.41) is 0. The first-order valence-corrected chi connectivity index (χ1v) is 7.00. The summed E-state index contributed by atoms with van der Waals surface area (Å²) in [5.41, 5.74) is 10.5.